The smallest absolute Gasteiger partial charge is 0.340 e. The molecule has 0 saturated carbocycles. The zero-order valence-corrected chi connectivity index (χ0v) is 10.8. The number of rotatable bonds is 4. The summed E-state index contributed by atoms with van der Waals surface area (Å²) in [5.41, 5.74) is 6.28. The third-order valence-corrected chi connectivity index (χ3v) is 2.58. The highest BCUT2D eigenvalue weighted by molar-refractivity contribution is 5.94. The topological polar surface area (TPSA) is 74.4 Å². The SMILES string of the molecule is COc1cccc(COC(=O)c2cc(F)ccc2N)n1. The quantitative estimate of drug-likeness (QED) is 0.684. The highest BCUT2D eigenvalue weighted by Gasteiger charge is 2.13. The number of anilines is 1. The minimum Gasteiger partial charge on any atom is -0.481 e. The molecule has 0 fully saturated rings. The summed E-state index contributed by atoms with van der Waals surface area (Å²) in [6.45, 7) is -0.0496. The number of hydrogen-bond donors (Lipinski definition) is 1. The van der Waals surface area contributed by atoms with E-state index < -0.39 is 11.8 Å². The van der Waals surface area contributed by atoms with Gasteiger partial charge in [0.25, 0.3) is 0 Å². The highest BCUT2D eigenvalue weighted by atomic mass is 19.1. The monoisotopic (exact) mass is 276 g/mol. The number of nitrogens with zero attached hydrogens (tertiary/aromatic N) is 1. The average Bonchev–Trinajstić information content (AvgIpc) is 2.47. The minimum atomic E-state index is -0.702. The molecule has 0 radical (unpaired) electrons. The van der Waals surface area contributed by atoms with Crippen LogP contribution < -0.4 is 10.5 Å². The molecule has 6 heteroatoms. The molecule has 0 atom stereocenters. The van der Waals surface area contributed by atoms with Crippen LogP contribution in [0.3, 0.4) is 0 Å². The molecule has 0 amide bonds. The molecule has 0 bridgehead atoms. The summed E-state index contributed by atoms with van der Waals surface area (Å²) >= 11 is 0. The van der Waals surface area contributed by atoms with Crippen LogP contribution in [-0.4, -0.2) is 18.1 Å². The highest BCUT2D eigenvalue weighted by Crippen LogP contribution is 2.15. The minimum absolute atomic E-state index is 0.00658. The van der Waals surface area contributed by atoms with Crippen molar-refractivity contribution in [2.75, 3.05) is 12.8 Å². The number of methoxy groups -OCH3 is 1. The van der Waals surface area contributed by atoms with Gasteiger partial charge in [-0.3, -0.25) is 0 Å². The van der Waals surface area contributed by atoms with Gasteiger partial charge in [-0.05, 0) is 24.3 Å². The largest absolute Gasteiger partial charge is 0.481 e. The van der Waals surface area contributed by atoms with Crippen molar-refractivity contribution in [1.29, 1.82) is 0 Å². The standard InChI is InChI=1S/C14H13FN2O3/c1-19-13-4-2-3-10(17-13)8-20-14(18)11-7-9(15)5-6-12(11)16/h2-7H,8,16H2,1H3. The predicted molar refractivity (Wildman–Crippen MR) is 70.7 cm³/mol. The molecular formula is C14H13FN2O3. The summed E-state index contributed by atoms with van der Waals surface area (Å²) in [4.78, 5) is 15.9. The first-order chi connectivity index (χ1) is 9.60. The molecule has 2 aromatic rings. The second-order valence-corrected chi connectivity index (χ2v) is 3.98. The summed E-state index contributed by atoms with van der Waals surface area (Å²) in [5, 5.41) is 0. The van der Waals surface area contributed by atoms with E-state index in [1.165, 1.54) is 19.2 Å². The number of carbonyl (C=O) groups is 1. The van der Waals surface area contributed by atoms with Crippen LogP contribution in [0, 0.1) is 5.82 Å². The maximum absolute atomic E-state index is 13.1. The molecule has 0 aliphatic carbocycles. The molecule has 2 rings (SSSR count). The van der Waals surface area contributed by atoms with Crippen LogP contribution in [0.5, 0.6) is 5.88 Å². The van der Waals surface area contributed by atoms with Gasteiger partial charge in [-0.15, -0.1) is 0 Å². The van der Waals surface area contributed by atoms with E-state index in [9.17, 15) is 9.18 Å². The van der Waals surface area contributed by atoms with E-state index in [2.05, 4.69) is 4.98 Å². The summed E-state index contributed by atoms with van der Waals surface area (Å²) < 4.78 is 23.1. The summed E-state index contributed by atoms with van der Waals surface area (Å²) in [6.07, 6.45) is 0. The first-order valence-electron chi connectivity index (χ1n) is 5.82. The normalized spacial score (nSPS) is 10.1. The summed E-state index contributed by atoms with van der Waals surface area (Å²) in [7, 11) is 1.49. The lowest BCUT2D eigenvalue weighted by molar-refractivity contribution is 0.0467. The second kappa shape index (κ2) is 6.01. The van der Waals surface area contributed by atoms with Crippen LogP contribution in [0.1, 0.15) is 16.1 Å². The maximum Gasteiger partial charge on any atom is 0.340 e. The Hall–Kier alpha value is -2.63. The predicted octanol–water partition coefficient (Wildman–Crippen LogP) is 2.17. The fraction of sp³-hybridized carbons (Fsp3) is 0.143. The van der Waals surface area contributed by atoms with Crippen molar-refractivity contribution in [3.05, 3.63) is 53.5 Å². The molecule has 1 aromatic carbocycles. The number of pyridine rings is 1. The van der Waals surface area contributed by atoms with Crippen LogP contribution >= 0.6 is 0 Å². The van der Waals surface area contributed by atoms with Crippen LogP contribution in [0.4, 0.5) is 10.1 Å². The molecule has 0 aliphatic heterocycles. The van der Waals surface area contributed by atoms with Crippen molar-refractivity contribution in [2.45, 2.75) is 6.61 Å². The van der Waals surface area contributed by atoms with Crippen LogP contribution in [-0.2, 0) is 11.3 Å². The lowest BCUT2D eigenvalue weighted by atomic mass is 10.2. The van der Waals surface area contributed by atoms with Gasteiger partial charge < -0.3 is 15.2 Å². The van der Waals surface area contributed by atoms with Crippen molar-refractivity contribution >= 4 is 11.7 Å². The van der Waals surface area contributed by atoms with E-state index in [1.807, 2.05) is 0 Å². The molecule has 104 valence electrons. The molecule has 1 heterocycles. The van der Waals surface area contributed by atoms with Gasteiger partial charge in [-0.25, -0.2) is 14.2 Å². The van der Waals surface area contributed by atoms with Crippen molar-refractivity contribution in [3.8, 4) is 5.88 Å². The van der Waals surface area contributed by atoms with Gasteiger partial charge in [-0.2, -0.15) is 0 Å². The Balaban J connectivity index is 2.06. The molecule has 20 heavy (non-hydrogen) atoms. The number of aromatic nitrogens is 1. The fourth-order valence-corrected chi connectivity index (χ4v) is 1.57. The van der Waals surface area contributed by atoms with Gasteiger partial charge in [-0.1, -0.05) is 6.07 Å². The van der Waals surface area contributed by atoms with Crippen molar-refractivity contribution in [3.63, 3.8) is 0 Å². The van der Waals surface area contributed by atoms with Crippen molar-refractivity contribution in [1.82, 2.24) is 4.98 Å². The third-order valence-electron chi connectivity index (χ3n) is 2.58. The maximum atomic E-state index is 13.1. The van der Waals surface area contributed by atoms with Gasteiger partial charge in [0.2, 0.25) is 5.88 Å². The Bertz CT molecular complexity index is 632. The molecule has 0 aliphatic rings. The van der Waals surface area contributed by atoms with Gasteiger partial charge in [0.1, 0.15) is 12.4 Å². The molecule has 0 unspecified atom stereocenters. The fourth-order valence-electron chi connectivity index (χ4n) is 1.57. The lowest BCUT2D eigenvalue weighted by Gasteiger charge is -2.07. The third kappa shape index (κ3) is 3.23. The van der Waals surface area contributed by atoms with E-state index >= 15 is 0 Å². The second-order valence-electron chi connectivity index (χ2n) is 3.98. The zero-order valence-electron chi connectivity index (χ0n) is 10.8. The molecule has 0 saturated heterocycles. The van der Waals surface area contributed by atoms with Crippen molar-refractivity contribution < 1.29 is 18.7 Å². The number of nitrogen functional groups attached to an aromatic ring is 1. The van der Waals surface area contributed by atoms with Crippen molar-refractivity contribution in [2.24, 2.45) is 0 Å². The number of esters is 1. The Labute approximate surface area is 115 Å². The Morgan fingerprint density at radius 3 is 2.90 bits per heavy atom. The van der Waals surface area contributed by atoms with Gasteiger partial charge in [0, 0.05) is 11.8 Å². The summed E-state index contributed by atoms with van der Waals surface area (Å²) in [5.74, 6) is -0.832. The van der Waals surface area contributed by atoms with Gasteiger partial charge >= 0.3 is 5.97 Å². The first kappa shape index (κ1) is 13.8. The number of halogens is 1. The van der Waals surface area contributed by atoms with E-state index in [-0.39, 0.29) is 17.9 Å². The van der Waals surface area contributed by atoms with Gasteiger partial charge in [0.15, 0.2) is 0 Å². The Kier molecular flexibility index (Phi) is 4.14. The molecular weight excluding hydrogens is 263 g/mol. The number of benzene rings is 1. The molecule has 5 nitrogen and oxygen atoms in total. The summed E-state index contributed by atoms with van der Waals surface area (Å²) in [6, 6.07) is 8.62. The molecule has 0 spiro atoms. The van der Waals surface area contributed by atoms with E-state index in [0.717, 1.165) is 6.07 Å². The molecule has 2 N–H and O–H groups in total. The zero-order chi connectivity index (χ0) is 14.5. The Morgan fingerprint density at radius 1 is 1.35 bits per heavy atom. The number of hydrogen-bond acceptors (Lipinski definition) is 5. The van der Waals surface area contributed by atoms with E-state index in [0.29, 0.717) is 11.6 Å². The van der Waals surface area contributed by atoms with Crippen LogP contribution in [0.2, 0.25) is 0 Å². The Morgan fingerprint density at radius 2 is 2.15 bits per heavy atom. The van der Waals surface area contributed by atoms with Crippen LogP contribution in [0.25, 0.3) is 0 Å². The van der Waals surface area contributed by atoms with E-state index in [1.54, 1.807) is 18.2 Å². The molecule has 1 aromatic heterocycles. The van der Waals surface area contributed by atoms with Crippen LogP contribution in [0.15, 0.2) is 36.4 Å². The first-order valence-corrected chi connectivity index (χ1v) is 5.82. The average molecular weight is 276 g/mol. The van der Waals surface area contributed by atoms with E-state index in [4.69, 9.17) is 15.2 Å². The number of nitrogens with two attached hydrogens (primary N) is 1. The van der Waals surface area contributed by atoms with Gasteiger partial charge in [0.05, 0.1) is 18.4 Å². The number of carbonyl (C=O) groups excluding carboxylic acids is 1. The number of ether oxygens (including phenoxy) is 2. The lowest BCUT2D eigenvalue weighted by Crippen LogP contribution is -2.09.